The average Bonchev–Trinajstić information content (AvgIpc) is 3.92. The molecule has 1 saturated carbocycles. The molecule has 1 aliphatic heterocycles. The summed E-state index contributed by atoms with van der Waals surface area (Å²) in [6.45, 7) is 0.656. The molecular formula is C47H44F3N9O6S. The summed E-state index contributed by atoms with van der Waals surface area (Å²) in [5.74, 6) is -2.92. The van der Waals surface area contributed by atoms with E-state index in [0.717, 1.165) is 18.9 Å². The zero-order valence-corrected chi connectivity index (χ0v) is 36.4. The summed E-state index contributed by atoms with van der Waals surface area (Å²) < 4.78 is 52.5. The summed E-state index contributed by atoms with van der Waals surface area (Å²) in [4.78, 5) is 69.1. The molecule has 1 aliphatic carbocycles. The third-order valence-corrected chi connectivity index (χ3v) is 11.8. The summed E-state index contributed by atoms with van der Waals surface area (Å²) in [5, 5.41) is 20.2. The van der Waals surface area contributed by atoms with Crippen LogP contribution in [0.3, 0.4) is 0 Å². The van der Waals surface area contributed by atoms with Crippen LogP contribution in [-0.4, -0.2) is 80.5 Å². The van der Waals surface area contributed by atoms with Gasteiger partial charge in [0.15, 0.2) is 0 Å². The van der Waals surface area contributed by atoms with Gasteiger partial charge in [-0.25, -0.2) is 8.78 Å². The number of pyridine rings is 1. The van der Waals surface area contributed by atoms with Crippen molar-refractivity contribution in [1.82, 2.24) is 40.8 Å². The highest BCUT2D eigenvalue weighted by Crippen LogP contribution is 2.38. The fraction of sp³-hybridized carbons (Fsp3) is 0.277. The fourth-order valence-corrected chi connectivity index (χ4v) is 7.95. The van der Waals surface area contributed by atoms with Crippen molar-refractivity contribution in [3.05, 3.63) is 125 Å². The molecule has 15 nitrogen and oxygen atoms in total. The number of hydrogen-bond donors (Lipinski definition) is 4. The molecule has 2 aliphatic rings. The number of benzene rings is 4. The first-order valence-electron chi connectivity index (χ1n) is 21.3. The molecule has 4 aromatic carbocycles. The van der Waals surface area contributed by atoms with Crippen LogP contribution in [0.25, 0.3) is 22.0 Å². The molecular weight excluding hydrogens is 876 g/mol. The molecule has 19 heteroatoms. The monoisotopic (exact) mass is 919 g/mol. The van der Waals surface area contributed by atoms with Crippen LogP contribution in [0.15, 0.2) is 90.1 Å². The molecule has 66 heavy (non-hydrogen) atoms. The van der Waals surface area contributed by atoms with Crippen molar-refractivity contribution < 1.29 is 41.4 Å². The van der Waals surface area contributed by atoms with E-state index in [4.69, 9.17) is 4.74 Å². The molecule has 8 rings (SSSR count). The largest absolute Gasteiger partial charge is 0.487 e. The molecule has 4 N–H and O–H groups in total. The summed E-state index contributed by atoms with van der Waals surface area (Å²) in [6, 6.07) is 18.0. The van der Waals surface area contributed by atoms with Gasteiger partial charge < -0.3 is 35.7 Å². The number of rotatable bonds is 20. The lowest BCUT2D eigenvalue weighted by Crippen LogP contribution is -2.37. The smallest absolute Gasteiger partial charge is 0.255 e. The predicted octanol–water partition coefficient (Wildman–Crippen LogP) is 7.22. The lowest BCUT2D eigenvalue weighted by molar-refractivity contribution is -0.121. The Morgan fingerprint density at radius 2 is 1.79 bits per heavy atom. The first-order chi connectivity index (χ1) is 32.0. The molecule has 0 radical (unpaired) electrons. The quantitative estimate of drug-likeness (QED) is 0.0447. The number of ether oxygens (including phenoxy) is 1. The van der Waals surface area contributed by atoms with Gasteiger partial charge in [-0.1, -0.05) is 29.5 Å². The zero-order valence-electron chi connectivity index (χ0n) is 35.6. The second-order valence-corrected chi connectivity index (χ2v) is 16.6. The number of para-hydroxylation sites is 1. The van der Waals surface area contributed by atoms with Crippen molar-refractivity contribution >= 4 is 64.3 Å². The van der Waals surface area contributed by atoms with Gasteiger partial charge in [0.2, 0.25) is 5.91 Å². The van der Waals surface area contributed by atoms with Gasteiger partial charge in [-0.05, 0) is 80.1 Å². The normalized spacial score (nSPS) is 13.6. The zero-order chi connectivity index (χ0) is 46.3. The molecule has 340 valence electrons. The number of carbonyl (C=O) groups is 5. The van der Waals surface area contributed by atoms with Crippen LogP contribution in [0.5, 0.6) is 5.75 Å². The Kier molecular flexibility index (Phi) is 13.9. The van der Waals surface area contributed by atoms with Gasteiger partial charge in [-0.15, -0.1) is 5.10 Å². The summed E-state index contributed by atoms with van der Waals surface area (Å²) in [6.07, 6.45) is 6.75. The van der Waals surface area contributed by atoms with E-state index in [2.05, 4.69) is 36.6 Å². The molecule has 4 amide bonds. The lowest BCUT2D eigenvalue weighted by atomic mass is 9.98. The first kappa shape index (κ1) is 45.3. The highest BCUT2D eigenvalue weighted by molar-refractivity contribution is 7.94. The summed E-state index contributed by atoms with van der Waals surface area (Å²) in [5.41, 5.74) is 2.90. The van der Waals surface area contributed by atoms with Crippen LogP contribution in [0.4, 0.5) is 24.0 Å². The second-order valence-electron chi connectivity index (χ2n) is 15.9. The number of aromatic nitrogens is 4. The number of nitrogens with zero attached hydrogens (tertiary/aromatic N) is 5. The minimum Gasteiger partial charge on any atom is -0.487 e. The summed E-state index contributed by atoms with van der Waals surface area (Å²) >= 11 is -0.0483. The third kappa shape index (κ3) is 10.3. The van der Waals surface area contributed by atoms with Gasteiger partial charge in [0.1, 0.15) is 36.0 Å². The number of carbonyl (C=O) groups excluding carboxylic acids is 5. The number of aryl methyl sites for hydroxylation is 1. The number of aldehydes is 1. The molecule has 1 atom stereocenters. The number of nitrogens with one attached hydrogen (secondary N) is 4. The Bertz CT molecular complexity index is 2830. The van der Waals surface area contributed by atoms with Gasteiger partial charge in [0.25, 0.3) is 17.7 Å². The number of halogens is 3. The van der Waals surface area contributed by atoms with Crippen LogP contribution in [-0.2, 0) is 29.3 Å². The predicted molar refractivity (Wildman–Crippen MR) is 240 cm³/mol. The number of amides is 4. The Morgan fingerprint density at radius 3 is 2.53 bits per heavy atom. The van der Waals surface area contributed by atoms with Gasteiger partial charge in [-0.3, -0.25) is 28.8 Å². The van der Waals surface area contributed by atoms with Gasteiger partial charge in [0, 0.05) is 77.5 Å². The number of anilines is 2. The first-order valence-corrected chi connectivity index (χ1v) is 22.0. The Balaban J connectivity index is 0.857. The van der Waals surface area contributed by atoms with E-state index in [0.29, 0.717) is 59.2 Å². The summed E-state index contributed by atoms with van der Waals surface area (Å²) in [7, 11) is 1.48. The second kappa shape index (κ2) is 20.3. The van der Waals surface area contributed by atoms with Crippen molar-refractivity contribution in [2.75, 3.05) is 18.9 Å². The van der Waals surface area contributed by atoms with Crippen molar-refractivity contribution in [2.45, 2.75) is 75.2 Å². The maximum Gasteiger partial charge on any atom is 0.255 e. The van der Waals surface area contributed by atoms with Crippen molar-refractivity contribution in [3.63, 3.8) is 0 Å². The number of fused-ring (bicyclic) bond motifs is 2. The standard InChI is InChI=1S/C47H44F3N9O6S/c1-51-43(61)14-12-31(25-60)59-24-38-35(47(59)64)18-32(66-50)19-42(38)65-26-30-23-58(57-56-30)16-6-5-15-52-45(62)33-13-9-27(17-39(33)48)34-20-36-41(21-40(34)49)53-22-37(46(63)55-29-10-11-29)44(36)54-28-7-3-2-4-8-28/h2-4,7-9,13,17-23,25,29,31H,5-6,10-12,14-16,24,26H2,1H3,(H,51,61)(H,52,62)(H,53,54)(H,55,63). The molecule has 3 heterocycles. The molecule has 2 aromatic heterocycles. The average molecular weight is 920 g/mol. The highest BCUT2D eigenvalue weighted by Gasteiger charge is 2.36. The van der Waals surface area contributed by atoms with Crippen LogP contribution >= 0.6 is 12.1 Å². The van der Waals surface area contributed by atoms with Gasteiger partial charge in [0.05, 0.1) is 53.3 Å². The maximum absolute atomic E-state index is 15.6. The van der Waals surface area contributed by atoms with Crippen molar-refractivity contribution in [3.8, 4) is 16.9 Å². The van der Waals surface area contributed by atoms with Crippen LogP contribution in [0.2, 0.25) is 0 Å². The molecule has 1 fully saturated rings. The maximum atomic E-state index is 15.6. The van der Waals surface area contributed by atoms with E-state index < -0.39 is 29.5 Å². The van der Waals surface area contributed by atoms with Crippen molar-refractivity contribution in [2.24, 2.45) is 0 Å². The highest BCUT2D eigenvalue weighted by atomic mass is 32.2. The van der Waals surface area contributed by atoms with Gasteiger partial charge >= 0.3 is 0 Å². The third-order valence-electron chi connectivity index (χ3n) is 11.3. The van der Waals surface area contributed by atoms with Crippen LogP contribution in [0, 0.1) is 11.6 Å². The van der Waals surface area contributed by atoms with Crippen LogP contribution in [0.1, 0.15) is 80.9 Å². The lowest BCUT2D eigenvalue weighted by Gasteiger charge is -2.22. The minimum atomic E-state index is -0.854. The molecule has 0 bridgehead atoms. The van der Waals surface area contributed by atoms with E-state index in [1.165, 1.54) is 54.5 Å². The topological polar surface area (TPSA) is 190 Å². The molecule has 1 unspecified atom stereocenters. The number of unbranched alkanes of at least 4 members (excludes halogenated alkanes) is 1. The number of hydrogen-bond acceptors (Lipinski definition) is 11. The van der Waals surface area contributed by atoms with E-state index in [1.54, 1.807) is 10.9 Å². The molecule has 6 aromatic rings. The SMILES string of the molecule is CNC(=O)CCC(C=O)N1Cc2c(OCc3cn(CCCCNC(=O)c4ccc(-c5cc6c(Nc7ccccc7)c(C(=O)NC7CC7)cnc6cc5F)cc4F)nn3)cc(SF)cc2C1=O. The molecule has 0 spiro atoms. The van der Waals surface area contributed by atoms with E-state index in [-0.39, 0.29) is 101 Å². The minimum absolute atomic E-state index is 0.0429. The van der Waals surface area contributed by atoms with E-state index in [9.17, 15) is 27.9 Å². The van der Waals surface area contributed by atoms with Gasteiger partial charge in [-0.2, -0.15) is 3.89 Å². The van der Waals surface area contributed by atoms with E-state index >= 15 is 8.78 Å². The van der Waals surface area contributed by atoms with E-state index in [1.807, 2.05) is 30.3 Å². The Labute approximate surface area is 381 Å². The Morgan fingerprint density at radius 1 is 0.970 bits per heavy atom. The van der Waals surface area contributed by atoms with Crippen LogP contribution < -0.4 is 26.0 Å². The molecule has 0 saturated heterocycles. The Hall–Kier alpha value is -7.28. The fourth-order valence-electron chi connectivity index (χ4n) is 7.64. The van der Waals surface area contributed by atoms with Crippen molar-refractivity contribution in [1.29, 1.82) is 0 Å².